The molecule has 0 aliphatic heterocycles. The third-order valence-corrected chi connectivity index (χ3v) is 1.89. The number of alkyl carbamates (subject to hydrolysis) is 1. The monoisotopic (exact) mass is 249 g/mol. The summed E-state index contributed by atoms with van der Waals surface area (Å²) in [5.41, 5.74) is 0.864. The van der Waals surface area contributed by atoms with Crippen LogP contribution < -0.4 is 10.1 Å². The topological polar surface area (TPSA) is 64.6 Å². The van der Waals surface area contributed by atoms with E-state index < -0.39 is 6.09 Å². The molecule has 1 aromatic carbocycles. The Morgan fingerprint density at radius 1 is 1.28 bits per heavy atom. The predicted molar refractivity (Wildman–Crippen MR) is 66.9 cm³/mol. The normalized spacial score (nSPS) is 10.1. The van der Waals surface area contributed by atoms with E-state index in [1.807, 2.05) is 0 Å². The first-order chi connectivity index (χ1) is 8.61. The van der Waals surface area contributed by atoms with Crippen molar-refractivity contribution in [2.24, 2.45) is 0 Å². The number of amides is 1. The molecule has 0 fully saturated rings. The number of benzene rings is 1. The van der Waals surface area contributed by atoms with E-state index in [1.54, 1.807) is 37.3 Å². The molecular weight excluding hydrogens is 234 g/mol. The highest BCUT2D eigenvalue weighted by atomic mass is 16.5. The number of hydrogen-bond acceptors (Lipinski definition) is 4. The summed E-state index contributed by atoms with van der Waals surface area (Å²) in [6, 6.07) is 6.88. The molecule has 96 valence electrons. The highest BCUT2D eigenvalue weighted by Gasteiger charge is 1.97. The molecule has 0 aromatic heterocycles. The zero-order valence-corrected chi connectivity index (χ0v) is 10.3. The average Bonchev–Trinajstić information content (AvgIpc) is 2.31. The van der Waals surface area contributed by atoms with Gasteiger partial charge in [-0.3, -0.25) is 10.1 Å². The minimum absolute atomic E-state index is 0.330. The first-order valence-electron chi connectivity index (χ1n) is 5.50. The van der Waals surface area contributed by atoms with Gasteiger partial charge in [0.15, 0.2) is 0 Å². The second-order valence-corrected chi connectivity index (χ2v) is 3.36. The Bertz CT molecular complexity index is 437. The molecule has 0 aliphatic rings. The van der Waals surface area contributed by atoms with E-state index in [0.29, 0.717) is 12.4 Å². The Morgan fingerprint density at radius 3 is 2.50 bits per heavy atom. The van der Waals surface area contributed by atoms with Gasteiger partial charge < -0.3 is 9.47 Å². The molecule has 0 aliphatic carbocycles. The molecule has 5 heteroatoms. The zero-order chi connectivity index (χ0) is 13.4. The number of esters is 1. The lowest BCUT2D eigenvalue weighted by Gasteiger charge is -2.01. The van der Waals surface area contributed by atoms with Crippen molar-refractivity contribution in [2.45, 2.75) is 13.8 Å². The summed E-state index contributed by atoms with van der Waals surface area (Å²) in [6.45, 7) is 3.41. The smallest absolute Gasteiger partial charge is 0.411 e. The van der Waals surface area contributed by atoms with Gasteiger partial charge in [0, 0.05) is 13.1 Å². The second kappa shape index (κ2) is 7.11. The van der Waals surface area contributed by atoms with Gasteiger partial charge in [-0.1, -0.05) is 12.1 Å². The van der Waals surface area contributed by atoms with Crippen molar-refractivity contribution >= 4 is 18.1 Å². The van der Waals surface area contributed by atoms with Crippen LogP contribution in [0.4, 0.5) is 4.79 Å². The first-order valence-corrected chi connectivity index (χ1v) is 5.50. The minimum Gasteiger partial charge on any atom is -0.450 e. The van der Waals surface area contributed by atoms with Crippen LogP contribution in [0, 0.1) is 0 Å². The molecule has 18 heavy (non-hydrogen) atoms. The van der Waals surface area contributed by atoms with Crippen LogP contribution in [0.1, 0.15) is 19.4 Å². The lowest BCUT2D eigenvalue weighted by molar-refractivity contribution is -0.131. The Hall–Kier alpha value is -2.30. The maximum Gasteiger partial charge on any atom is 0.411 e. The van der Waals surface area contributed by atoms with E-state index in [-0.39, 0.29) is 5.97 Å². The van der Waals surface area contributed by atoms with Crippen LogP contribution in [0.25, 0.3) is 6.08 Å². The van der Waals surface area contributed by atoms with Crippen molar-refractivity contribution in [1.29, 1.82) is 0 Å². The molecule has 0 heterocycles. The van der Waals surface area contributed by atoms with E-state index >= 15 is 0 Å². The fraction of sp³-hybridized carbons (Fsp3) is 0.231. The van der Waals surface area contributed by atoms with Crippen molar-refractivity contribution in [2.75, 3.05) is 6.61 Å². The third-order valence-electron chi connectivity index (χ3n) is 1.89. The molecule has 0 atom stereocenters. The largest absolute Gasteiger partial charge is 0.450 e. The molecule has 0 bridgehead atoms. The highest BCUT2D eigenvalue weighted by Crippen LogP contribution is 2.13. The maximum atomic E-state index is 11.0. The Balaban J connectivity index is 2.50. The van der Waals surface area contributed by atoms with Crippen LogP contribution in [0.2, 0.25) is 0 Å². The van der Waals surface area contributed by atoms with Gasteiger partial charge >= 0.3 is 12.1 Å². The fourth-order valence-electron chi connectivity index (χ4n) is 1.19. The molecular formula is C13H15NO4. The summed E-state index contributed by atoms with van der Waals surface area (Å²) in [4.78, 5) is 21.7. The summed E-state index contributed by atoms with van der Waals surface area (Å²) in [5.74, 6) is 0.125. The highest BCUT2D eigenvalue weighted by molar-refractivity contribution is 5.70. The zero-order valence-electron chi connectivity index (χ0n) is 10.3. The minimum atomic E-state index is -0.495. The number of rotatable bonds is 4. The number of carbonyl (C=O) groups is 2. The molecule has 0 saturated heterocycles. The van der Waals surface area contributed by atoms with Gasteiger partial charge in [-0.25, -0.2) is 4.79 Å². The van der Waals surface area contributed by atoms with E-state index in [4.69, 9.17) is 4.74 Å². The van der Waals surface area contributed by atoms with Gasteiger partial charge in [0.05, 0.1) is 6.61 Å². The molecule has 1 rings (SSSR count). The van der Waals surface area contributed by atoms with Gasteiger partial charge in [0.1, 0.15) is 5.75 Å². The van der Waals surface area contributed by atoms with Crippen LogP contribution in [0.15, 0.2) is 30.5 Å². The van der Waals surface area contributed by atoms with Gasteiger partial charge in [0.2, 0.25) is 0 Å². The fourth-order valence-corrected chi connectivity index (χ4v) is 1.19. The molecule has 1 aromatic rings. The standard InChI is InChI=1S/C13H15NO4/c1-3-17-13(16)14-9-8-11-4-6-12(7-5-11)18-10(2)15/h4-9H,3H2,1-2H3,(H,14,16). The summed E-state index contributed by atoms with van der Waals surface area (Å²) < 4.78 is 9.57. The number of carbonyl (C=O) groups excluding carboxylic acids is 2. The van der Waals surface area contributed by atoms with Crippen LogP contribution in [-0.4, -0.2) is 18.7 Å². The van der Waals surface area contributed by atoms with Crippen molar-refractivity contribution in [1.82, 2.24) is 5.32 Å². The summed E-state index contributed by atoms with van der Waals surface area (Å²) in [6.07, 6.45) is 2.69. The summed E-state index contributed by atoms with van der Waals surface area (Å²) in [7, 11) is 0. The van der Waals surface area contributed by atoms with Crippen molar-refractivity contribution in [3.63, 3.8) is 0 Å². The lowest BCUT2D eigenvalue weighted by Crippen LogP contribution is -2.17. The quantitative estimate of drug-likeness (QED) is 0.657. The average molecular weight is 249 g/mol. The van der Waals surface area contributed by atoms with E-state index in [9.17, 15) is 9.59 Å². The number of ether oxygens (including phenoxy) is 2. The van der Waals surface area contributed by atoms with Crippen molar-refractivity contribution in [3.8, 4) is 5.75 Å². The van der Waals surface area contributed by atoms with Crippen molar-refractivity contribution in [3.05, 3.63) is 36.0 Å². The van der Waals surface area contributed by atoms with E-state index in [1.165, 1.54) is 13.1 Å². The van der Waals surface area contributed by atoms with Crippen LogP contribution in [0.5, 0.6) is 5.75 Å². The van der Waals surface area contributed by atoms with Gasteiger partial charge in [-0.15, -0.1) is 0 Å². The Labute approximate surface area is 105 Å². The molecule has 5 nitrogen and oxygen atoms in total. The molecule has 0 spiro atoms. The van der Waals surface area contributed by atoms with Gasteiger partial charge in [-0.05, 0) is 30.7 Å². The predicted octanol–water partition coefficient (Wildman–Crippen LogP) is 2.33. The number of nitrogens with one attached hydrogen (secondary N) is 1. The van der Waals surface area contributed by atoms with Gasteiger partial charge in [-0.2, -0.15) is 0 Å². The summed E-state index contributed by atoms with van der Waals surface area (Å²) in [5, 5.41) is 2.45. The summed E-state index contributed by atoms with van der Waals surface area (Å²) >= 11 is 0. The molecule has 0 radical (unpaired) electrons. The molecule has 0 unspecified atom stereocenters. The van der Waals surface area contributed by atoms with Crippen LogP contribution in [0.3, 0.4) is 0 Å². The second-order valence-electron chi connectivity index (χ2n) is 3.36. The number of hydrogen-bond donors (Lipinski definition) is 1. The Kier molecular flexibility index (Phi) is 5.44. The molecule has 1 amide bonds. The lowest BCUT2D eigenvalue weighted by atomic mass is 10.2. The molecule has 1 N–H and O–H groups in total. The molecule has 0 saturated carbocycles. The van der Waals surface area contributed by atoms with E-state index in [2.05, 4.69) is 10.1 Å². The Morgan fingerprint density at radius 2 is 1.94 bits per heavy atom. The van der Waals surface area contributed by atoms with Gasteiger partial charge in [0.25, 0.3) is 0 Å². The van der Waals surface area contributed by atoms with Crippen molar-refractivity contribution < 1.29 is 19.1 Å². The SMILES string of the molecule is CCOC(=O)NC=Cc1ccc(OC(C)=O)cc1. The van der Waals surface area contributed by atoms with Crippen LogP contribution in [-0.2, 0) is 9.53 Å². The van der Waals surface area contributed by atoms with Crippen LogP contribution >= 0.6 is 0 Å². The maximum absolute atomic E-state index is 11.0. The first kappa shape index (κ1) is 13.8. The third kappa shape index (κ3) is 5.16. The van der Waals surface area contributed by atoms with E-state index in [0.717, 1.165) is 5.56 Å².